The minimum Gasteiger partial charge on any atom is -0.456 e. The average molecular weight is 438 g/mol. The molecule has 7 nitrogen and oxygen atoms in total. The lowest BCUT2D eigenvalue weighted by atomic mass is 9.96. The number of hydrogen-bond donors (Lipinski definition) is 2. The number of esters is 1. The highest BCUT2D eigenvalue weighted by atomic mass is 32.2. The number of carbonyl (C=O) groups excluding carboxylic acids is 3. The van der Waals surface area contributed by atoms with Gasteiger partial charge in [-0.3, -0.25) is 9.69 Å². The summed E-state index contributed by atoms with van der Waals surface area (Å²) in [5.74, 6) is -0.823. The molecular formula is C23H23N3O4S. The van der Waals surface area contributed by atoms with Gasteiger partial charge in [-0.1, -0.05) is 30.3 Å². The largest absolute Gasteiger partial charge is 0.456 e. The van der Waals surface area contributed by atoms with E-state index < -0.39 is 18.0 Å². The van der Waals surface area contributed by atoms with E-state index in [1.54, 1.807) is 11.8 Å². The molecule has 0 spiro atoms. The Morgan fingerprint density at radius 3 is 2.48 bits per heavy atom. The van der Waals surface area contributed by atoms with Gasteiger partial charge in [0.2, 0.25) is 5.91 Å². The second-order valence-electron chi connectivity index (χ2n) is 7.49. The van der Waals surface area contributed by atoms with Crippen LogP contribution < -0.4 is 10.6 Å². The first-order chi connectivity index (χ1) is 14.9. The summed E-state index contributed by atoms with van der Waals surface area (Å²) in [4.78, 5) is 40.5. The smallest absolute Gasteiger partial charge is 0.338 e. The molecular weight excluding hydrogens is 414 g/mol. The molecule has 0 unspecified atom stereocenters. The van der Waals surface area contributed by atoms with Crippen molar-refractivity contribution in [3.05, 3.63) is 70.4 Å². The van der Waals surface area contributed by atoms with Gasteiger partial charge in [0.05, 0.1) is 17.3 Å². The normalized spacial score (nSPS) is 17.9. The zero-order chi connectivity index (χ0) is 22.1. The van der Waals surface area contributed by atoms with Crippen molar-refractivity contribution in [3.8, 4) is 0 Å². The van der Waals surface area contributed by atoms with Crippen LogP contribution in [0.4, 0.5) is 10.5 Å². The van der Waals surface area contributed by atoms with Crippen LogP contribution >= 0.6 is 11.8 Å². The molecule has 8 heteroatoms. The Morgan fingerprint density at radius 1 is 1.16 bits per heavy atom. The highest BCUT2D eigenvalue weighted by molar-refractivity contribution is 7.98. The van der Waals surface area contributed by atoms with E-state index in [-0.39, 0.29) is 19.1 Å². The lowest BCUT2D eigenvalue weighted by Crippen LogP contribution is -2.49. The minimum atomic E-state index is -0.605. The minimum absolute atomic E-state index is 0.0301. The monoisotopic (exact) mass is 437 g/mol. The molecule has 0 fully saturated rings. The SMILES string of the molecule is CSc1ccc([C@@H]2NC(=O)N(CC(=O)Nc3c(C)cccc3C)C3=C2C(=O)OC3)cc1. The number of para-hydroxylation sites is 1. The first-order valence-electron chi connectivity index (χ1n) is 9.87. The summed E-state index contributed by atoms with van der Waals surface area (Å²) in [5.41, 5.74) is 4.19. The van der Waals surface area contributed by atoms with Crippen LogP contribution in [0, 0.1) is 13.8 Å². The van der Waals surface area contributed by atoms with E-state index in [0.29, 0.717) is 11.3 Å². The van der Waals surface area contributed by atoms with Gasteiger partial charge in [0.25, 0.3) is 0 Å². The summed E-state index contributed by atoms with van der Waals surface area (Å²) in [5, 5.41) is 5.74. The third-order valence-electron chi connectivity index (χ3n) is 5.49. The lowest BCUT2D eigenvalue weighted by Gasteiger charge is -2.32. The molecule has 0 aromatic heterocycles. The second-order valence-corrected chi connectivity index (χ2v) is 8.37. The fourth-order valence-electron chi connectivity index (χ4n) is 3.86. The van der Waals surface area contributed by atoms with E-state index in [1.807, 2.05) is 62.6 Å². The zero-order valence-corrected chi connectivity index (χ0v) is 18.3. The Bertz CT molecular complexity index is 1070. The molecule has 2 aromatic carbocycles. The molecule has 2 heterocycles. The van der Waals surface area contributed by atoms with Crippen LogP contribution in [0.15, 0.2) is 58.6 Å². The average Bonchev–Trinajstić information content (AvgIpc) is 3.14. The van der Waals surface area contributed by atoms with E-state index in [9.17, 15) is 14.4 Å². The third kappa shape index (κ3) is 4.03. The van der Waals surface area contributed by atoms with Gasteiger partial charge in [-0.15, -0.1) is 11.8 Å². The van der Waals surface area contributed by atoms with Crippen molar-refractivity contribution >= 4 is 35.4 Å². The highest BCUT2D eigenvalue weighted by Gasteiger charge is 2.42. The molecule has 2 aliphatic heterocycles. The van der Waals surface area contributed by atoms with E-state index in [1.165, 1.54) is 4.90 Å². The number of benzene rings is 2. The molecule has 4 rings (SSSR count). The Hall–Kier alpha value is -3.26. The van der Waals surface area contributed by atoms with Crippen molar-refractivity contribution < 1.29 is 19.1 Å². The Labute approximate surface area is 184 Å². The maximum absolute atomic E-state index is 12.9. The molecule has 0 radical (unpaired) electrons. The summed E-state index contributed by atoms with van der Waals surface area (Å²) in [7, 11) is 0. The number of amides is 3. The molecule has 31 heavy (non-hydrogen) atoms. The van der Waals surface area contributed by atoms with Gasteiger partial charge < -0.3 is 15.4 Å². The Morgan fingerprint density at radius 2 is 1.84 bits per heavy atom. The molecule has 2 aromatic rings. The number of aryl methyl sites for hydroxylation is 2. The van der Waals surface area contributed by atoms with E-state index in [0.717, 1.165) is 27.3 Å². The molecule has 0 aliphatic carbocycles. The standard InChI is InChI=1S/C23H23N3O4S/c1-13-5-4-6-14(2)20(13)24-18(27)11-26-17-12-30-22(28)19(17)21(25-23(26)29)15-7-9-16(31-3)10-8-15/h4-10,21H,11-12H2,1-3H3,(H,24,27)(H,25,29)/t21-/m0/s1. The summed E-state index contributed by atoms with van der Waals surface area (Å²) in [6.45, 7) is 3.57. The van der Waals surface area contributed by atoms with Crippen LogP contribution in [0.1, 0.15) is 22.7 Å². The quantitative estimate of drug-likeness (QED) is 0.552. The van der Waals surface area contributed by atoms with Crippen LogP contribution in [-0.2, 0) is 14.3 Å². The van der Waals surface area contributed by atoms with Gasteiger partial charge >= 0.3 is 12.0 Å². The molecule has 0 saturated carbocycles. The first-order valence-corrected chi connectivity index (χ1v) is 11.1. The van der Waals surface area contributed by atoms with Crippen LogP contribution in [0.3, 0.4) is 0 Å². The maximum atomic E-state index is 12.9. The number of carbonyl (C=O) groups is 3. The van der Waals surface area contributed by atoms with E-state index in [2.05, 4.69) is 10.6 Å². The zero-order valence-electron chi connectivity index (χ0n) is 17.5. The summed E-state index contributed by atoms with van der Waals surface area (Å²) in [6, 6.07) is 12.4. The molecule has 3 amide bonds. The van der Waals surface area contributed by atoms with Crippen molar-refractivity contribution in [2.24, 2.45) is 0 Å². The van der Waals surface area contributed by atoms with Crippen LogP contribution in [-0.4, -0.2) is 42.2 Å². The molecule has 2 N–H and O–H groups in total. The van der Waals surface area contributed by atoms with Crippen LogP contribution in [0.2, 0.25) is 0 Å². The maximum Gasteiger partial charge on any atom is 0.338 e. The van der Waals surface area contributed by atoms with Crippen molar-refractivity contribution in [2.45, 2.75) is 24.8 Å². The number of thioether (sulfide) groups is 1. The lowest BCUT2D eigenvalue weighted by molar-refractivity contribution is -0.136. The van der Waals surface area contributed by atoms with E-state index >= 15 is 0 Å². The topological polar surface area (TPSA) is 87.7 Å². The highest BCUT2D eigenvalue weighted by Crippen LogP contribution is 2.35. The van der Waals surface area contributed by atoms with Gasteiger partial charge in [0.15, 0.2) is 0 Å². The number of cyclic esters (lactones) is 1. The predicted octanol–water partition coefficient (Wildman–Crippen LogP) is 3.54. The Balaban J connectivity index is 1.60. The number of ether oxygens (including phenoxy) is 1. The number of nitrogens with one attached hydrogen (secondary N) is 2. The predicted molar refractivity (Wildman–Crippen MR) is 119 cm³/mol. The molecule has 1 atom stereocenters. The van der Waals surface area contributed by atoms with Gasteiger partial charge in [-0.25, -0.2) is 9.59 Å². The van der Waals surface area contributed by atoms with Crippen molar-refractivity contribution in [3.63, 3.8) is 0 Å². The molecule has 160 valence electrons. The van der Waals surface area contributed by atoms with Crippen molar-refractivity contribution in [2.75, 3.05) is 24.7 Å². The summed E-state index contributed by atoms with van der Waals surface area (Å²) in [6.07, 6.45) is 1.98. The fraction of sp³-hybridized carbons (Fsp3) is 0.261. The third-order valence-corrected chi connectivity index (χ3v) is 6.24. The second kappa shape index (κ2) is 8.47. The number of rotatable bonds is 5. The van der Waals surface area contributed by atoms with Gasteiger partial charge in [-0.2, -0.15) is 0 Å². The summed E-state index contributed by atoms with van der Waals surface area (Å²) >= 11 is 1.61. The molecule has 2 aliphatic rings. The van der Waals surface area contributed by atoms with Crippen molar-refractivity contribution in [1.29, 1.82) is 0 Å². The van der Waals surface area contributed by atoms with Crippen molar-refractivity contribution in [1.82, 2.24) is 10.2 Å². The van der Waals surface area contributed by atoms with Crippen LogP contribution in [0.25, 0.3) is 0 Å². The van der Waals surface area contributed by atoms with Gasteiger partial charge in [0.1, 0.15) is 13.2 Å². The fourth-order valence-corrected chi connectivity index (χ4v) is 4.27. The van der Waals surface area contributed by atoms with Gasteiger partial charge in [-0.05, 0) is 48.9 Å². The van der Waals surface area contributed by atoms with Gasteiger partial charge in [0, 0.05) is 10.6 Å². The number of anilines is 1. The first kappa shape index (κ1) is 21.0. The number of hydrogen-bond acceptors (Lipinski definition) is 5. The Kier molecular flexibility index (Phi) is 5.73. The summed E-state index contributed by atoms with van der Waals surface area (Å²) < 4.78 is 5.23. The molecule has 0 saturated heterocycles. The van der Waals surface area contributed by atoms with Crippen LogP contribution in [0.5, 0.6) is 0 Å². The number of nitrogens with zero attached hydrogens (tertiary/aromatic N) is 1. The number of urea groups is 1. The van der Waals surface area contributed by atoms with E-state index in [4.69, 9.17) is 4.74 Å². The molecule has 0 bridgehead atoms.